The second-order valence-electron chi connectivity index (χ2n) is 7.14. The minimum atomic E-state index is -0.261. The number of amides is 2. The fourth-order valence-corrected chi connectivity index (χ4v) is 3.39. The average molecular weight is 410 g/mol. The van der Waals surface area contributed by atoms with Crippen LogP contribution in [0.4, 0.5) is 11.4 Å². The van der Waals surface area contributed by atoms with E-state index in [0.29, 0.717) is 29.1 Å². The van der Waals surface area contributed by atoms with Crippen molar-refractivity contribution in [2.75, 3.05) is 17.7 Å². The van der Waals surface area contributed by atoms with Crippen LogP contribution in [0.1, 0.15) is 15.9 Å². The predicted octanol–water partition coefficient (Wildman–Crippen LogP) is 5.28. The van der Waals surface area contributed by atoms with Crippen molar-refractivity contribution in [1.82, 2.24) is 0 Å². The van der Waals surface area contributed by atoms with Crippen LogP contribution in [0.2, 0.25) is 0 Å². The molecule has 2 N–H and O–H groups in total. The summed E-state index contributed by atoms with van der Waals surface area (Å²) in [4.78, 5) is 25.1. The highest BCUT2D eigenvalue weighted by Crippen LogP contribution is 2.27. The molecule has 0 unspecified atom stereocenters. The normalized spacial score (nSPS) is 10.5. The van der Waals surface area contributed by atoms with Crippen LogP contribution in [0, 0.1) is 0 Å². The van der Waals surface area contributed by atoms with E-state index in [9.17, 15) is 9.59 Å². The molecule has 154 valence electrons. The van der Waals surface area contributed by atoms with Crippen molar-refractivity contribution in [1.29, 1.82) is 0 Å². The first kappa shape index (κ1) is 20.2. The second-order valence-corrected chi connectivity index (χ2v) is 7.14. The lowest BCUT2D eigenvalue weighted by atomic mass is 10.1. The summed E-state index contributed by atoms with van der Waals surface area (Å²) in [5.41, 5.74) is 2.71. The van der Waals surface area contributed by atoms with Crippen molar-refractivity contribution in [2.24, 2.45) is 0 Å². The predicted molar refractivity (Wildman–Crippen MR) is 124 cm³/mol. The topological polar surface area (TPSA) is 67.4 Å². The molecule has 0 fully saturated rings. The Bertz CT molecular complexity index is 1220. The number of carbonyl (C=O) groups excluding carboxylic acids is 2. The van der Waals surface area contributed by atoms with Crippen LogP contribution in [0.15, 0.2) is 91.0 Å². The standard InChI is InChI=1S/C26H22N2O3/c1-31-24-17-20-10-6-5-9-19(20)16-23(24)26(30)28-22-13-11-21(12-14-22)27-25(29)15-18-7-3-2-4-8-18/h2-14,16-17H,15H2,1H3,(H,27,29)(H,28,30). The maximum atomic E-state index is 12.8. The minimum Gasteiger partial charge on any atom is -0.496 e. The molecule has 0 aromatic heterocycles. The minimum absolute atomic E-state index is 0.0936. The SMILES string of the molecule is COc1cc2ccccc2cc1C(=O)Nc1ccc(NC(=O)Cc2ccccc2)cc1. The zero-order valence-corrected chi connectivity index (χ0v) is 17.1. The van der Waals surface area contributed by atoms with E-state index in [1.807, 2.05) is 66.7 Å². The van der Waals surface area contributed by atoms with Crippen molar-refractivity contribution < 1.29 is 14.3 Å². The molecule has 0 aliphatic rings. The summed E-state index contributed by atoms with van der Waals surface area (Å²) in [5, 5.41) is 7.72. The van der Waals surface area contributed by atoms with Gasteiger partial charge < -0.3 is 15.4 Å². The van der Waals surface area contributed by atoms with Crippen LogP contribution < -0.4 is 15.4 Å². The van der Waals surface area contributed by atoms with Gasteiger partial charge in [0.1, 0.15) is 5.75 Å². The maximum absolute atomic E-state index is 12.8. The van der Waals surface area contributed by atoms with E-state index in [1.54, 1.807) is 31.4 Å². The van der Waals surface area contributed by atoms with Gasteiger partial charge in [0.15, 0.2) is 0 Å². The molecule has 4 aromatic carbocycles. The zero-order chi connectivity index (χ0) is 21.6. The Morgan fingerprint density at radius 2 is 1.32 bits per heavy atom. The molecular weight excluding hydrogens is 388 g/mol. The maximum Gasteiger partial charge on any atom is 0.259 e. The number of hydrogen-bond donors (Lipinski definition) is 2. The Hall–Kier alpha value is -4.12. The van der Waals surface area contributed by atoms with Gasteiger partial charge in [0.25, 0.3) is 5.91 Å². The average Bonchev–Trinajstić information content (AvgIpc) is 2.80. The third kappa shape index (κ3) is 4.90. The van der Waals surface area contributed by atoms with E-state index < -0.39 is 0 Å². The Morgan fingerprint density at radius 1 is 0.742 bits per heavy atom. The van der Waals surface area contributed by atoms with E-state index in [1.165, 1.54) is 0 Å². The molecule has 2 amide bonds. The van der Waals surface area contributed by atoms with Crippen molar-refractivity contribution in [3.63, 3.8) is 0 Å². The highest BCUT2D eigenvalue weighted by Gasteiger charge is 2.14. The van der Waals surface area contributed by atoms with Gasteiger partial charge in [-0.25, -0.2) is 0 Å². The van der Waals surface area contributed by atoms with E-state index in [4.69, 9.17) is 4.74 Å². The monoisotopic (exact) mass is 410 g/mol. The first-order valence-corrected chi connectivity index (χ1v) is 9.94. The lowest BCUT2D eigenvalue weighted by Crippen LogP contribution is -2.15. The Labute approximate surface area is 180 Å². The highest BCUT2D eigenvalue weighted by atomic mass is 16.5. The van der Waals surface area contributed by atoms with Crippen molar-refractivity contribution in [3.8, 4) is 5.75 Å². The van der Waals surface area contributed by atoms with Gasteiger partial charge in [0.2, 0.25) is 5.91 Å². The molecule has 0 aliphatic heterocycles. The molecule has 0 radical (unpaired) electrons. The molecule has 0 saturated heterocycles. The quantitative estimate of drug-likeness (QED) is 0.454. The van der Waals surface area contributed by atoms with Crippen LogP contribution in [0.25, 0.3) is 10.8 Å². The highest BCUT2D eigenvalue weighted by molar-refractivity contribution is 6.08. The molecule has 5 nitrogen and oxygen atoms in total. The molecule has 0 bridgehead atoms. The number of rotatable bonds is 6. The number of methoxy groups -OCH3 is 1. The van der Waals surface area contributed by atoms with Crippen molar-refractivity contribution >= 4 is 34.0 Å². The van der Waals surface area contributed by atoms with E-state index in [2.05, 4.69) is 10.6 Å². The van der Waals surface area contributed by atoms with Gasteiger partial charge in [-0.05, 0) is 52.7 Å². The molecular formula is C26H22N2O3. The van der Waals surface area contributed by atoms with E-state index in [-0.39, 0.29) is 11.8 Å². The molecule has 5 heteroatoms. The summed E-state index contributed by atoms with van der Waals surface area (Å²) in [6.45, 7) is 0. The Kier molecular flexibility index (Phi) is 5.94. The summed E-state index contributed by atoms with van der Waals surface area (Å²) < 4.78 is 5.42. The van der Waals surface area contributed by atoms with Crippen LogP contribution >= 0.6 is 0 Å². The van der Waals surface area contributed by atoms with Crippen LogP contribution in [-0.2, 0) is 11.2 Å². The number of ether oxygens (including phenoxy) is 1. The summed E-state index contributed by atoms with van der Waals surface area (Å²) in [6, 6.07) is 28.1. The number of carbonyl (C=O) groups is 2. The fourth-order valence-electron chi connectivity index (χ4n) is 3.39. The van der Waals surface area contributed by atoms with Gasteiger partial charge in [-0.1, -0.05) is 54.6 Å². The Balaban J connectivity index is 1.43. The van der Waals surface area contributed by atoms with Crippen molar-refractivity contribution in [3.05, 3.63) is 102 Å². The van der Waals surface area contributed by atoms with Crippen molar-refractivity contribution in [2.45, 2.75) is 6.42 Å². The lowest BCUT2D eigenvalue weighted by Gasteiger charge is -2.12. The van der Waals surface area contributed by atoms with Gasteiger partial charge in [0, 0.05) is 11.4 Å². The molecule has 0 saturated carbocycles. The van der Waals surface area contributed by atoms with Crippen LogP contribution in [-0.4, -0.2) is 18.9 Å². The van der Waals surface area contributed by atoms with Crippen LogP contribution in [0.3, 0.4) is 0 Å². The summed E-state index contributed by atoms with van der Waals surface area (Å²) in [6.07, 6.45) is 0.307. The van der Waals surface area contributed by atoms with Gasteiger partial charge in [-0.2, -0.15) is 0 Å². The molecule has 0 atom stereocenters. The molecule has 0 heterocycles. The van der Waals surface area contributed by atoms with Crippen LogP contribution in [0.5, 0.6) is 5.75 Å². The zero-order valence-electron chi connectivity index (χ0n) is 17.1. The second kappa shape index (κ2) is 9.13. The van der Waals surface area contributed by atoms with Gasteiger partial charge in [0.05, 0.1) is 19.1 Å². The van der Waals surface area contributed by atoms with E-state index in [0.717, 1.165) is 16.3 Å². The number of fused-ring (bicyclic) bond motifs is 1. The number of hydrogen-bond acceptors (Lipinski definition) is 3. The first-order chi connectivity index (χ1) is 15.1. The fraction of sp³-hybridized carbons (Fsp3) is 0.0769. The first-order valence-electron chi connectivity index (χ1n) is 9.94. The molecule has 4 rings (SSSR count). The summed E-state index contributed by atoms with van der Waals surface area (Å²) >= 11 is 0. The van der Waals surface area contributed by atoms with Gasteiger partial charge in [-0.3, -0.25) is 9.59 Å². The third-order valence-corrected chi connectivity index (χ3v) is 4.95. The van der Waals surface area contributed by atoms with Gasteiger partial charge >= 0.3 is 0 Å². The molecule has 31 heavy (non-hydrogen) atoms. The smallest absolute Gasteiger partial charge is 0.259 e. The number of benzene rings is 4. The number of anilines is 2. The largest absolute Gasteiger partial charge is 0.496 e. The Morgan fingerprint density at radius 3 is 1.97 bits per heavy atom. The molecule has 0 aliphatic carbocycles. The summed E-state index contributed by atoms with van der Waals surface area (Å²) in [5.74, 6) is 0.161. The lowest BCUT2D eigenvalue weighted by molar-refractivity contribution is -0.115. The third-order valence-electron chi connectivity index (χ3n) is 4.95. The number of nitrogens with one attached hydrogen (secondary N) is 2. The van der Waals surface area contributed by atoms with Gasteiger partial charge in [-0.15, -0.1) is 0 Å². The summed E-state index contributed by atoms with van der Waals surface area (Å²) in [7, 11) is 1.55. The molecule has 0 spiro atoms. The van der Waals surface area contributed by atoms with E-state index >= 15 is 0 Å². The molecule has 4 aromatic rings.